The summed E-state index contributed by atoms with van der Waals surface area (Å²) in [5.74, 6) is 1.43. The normalized spacial score (nSPS) is 19.2. The van der Waals surface area contributed by atoms with Gasteiger partial charge in [0.2, 0.25) is 5.78 Å². The molecule has 0 bridgehead atoms. The number of piperidine rings is 1. The van der Waals surface area contributed by atoms with Gasteiger partial charge in [0.05, 0.1) is 5.69 Å². The maximum Gasteiger partial charge on any atom is 0.234 e. The van der Waals surface area contributed by atoms with Gasteiger partial charge in [0.15, 0.2) is 0 Å². The lowest BCUT2D eigenvalue weighted by atomic mass is 9.98. The van der Waals surface area contributed by atoms with Gasteiger partial charge in [0, 0.05) is 37.2 Å². The minimum absolute atomic E-state index is 0.625. The van der Waals surface area contributed by atoms with E-state index in [0.29, 0.717) is 5.92 Å². The molecule has 3 aromatic rings. The van der Waals surface area contributed by atoms with Crippen LogP contribution in [-0.4, -0.2) is 47.1 Å². The van der Waals surface area contributed by atoms with E-state index >= 15 is 0 Å². The molecule has 0 aliphatic carbocycles. The van der Waals surface area contributed by atoms with Gasteiger partial charge in [0.25, 0.3) is 0 Å². The Bertz CT molecular complexity index is 821. The zero-order chi connectivity index (χ0) is 16.5. The average molecular weight is 325 g/mol. The number of aryl methyl sites for hydroxylation is 2. The molecule has 0 saturated carbocycles. The summed E-state index contributed by atoms with van der Waals surface area (Å²) < 4.78 is 4.02. The highest BCUT2D eigenvalue weighted by molar-refractivity contribution is 5.34. The summed E-state index contributed by atoms with van der Waals surface area (Å²) in [4.78, 5) is 15.8. The summed E-state index contributed by atoms with van der Waals surface area (Å²) in [6, 6.07) is 2.09. The van der Waals surface area contributed by atoms with Gasteiger partial charge in [0.1, 0.15) is 12.7 Å². The number of aromatic nitrogens is 6. The molecule has 0 N–H and O–H groups in total. The van der Waals surface area contributed by atoms with Gasteiger partial charge in [-0.1, -0.05) is 0 Å². The Labute approximate surface area is 141 Å². The summed E-state index contributed by atoms with van der Waals surface area (Å²) in [6.07, 6.45) is 8.01. The lowest BCUT2D eigenvalue weighted by Gasteiger charge is -2.32. The molecular formula is C17H23N7. The van der Waals surface area contributed by atoms with Crippen LogP contribution in [0.5, 0.6) is 0 Å². The van der Waals surface area contributed by atoms with Crippen molar-refractivity contribution in [2.45, 2.75) is 39.8 Å². The fourth-order valence-electron chi connectivity index (χ4n) is 3.66. The van der Waals surface area contributed by atoms with Gasteiger partial charge in [-0.2, -0.15) is 5.10 Å². The second-order valence-electron chi connectivity index (χ2n) is 6.80. The molecular weight excluding hydrogens is 302 g/mol. The van der Waals surface area contributed by atoms with Crippen LogP contribution in [0.3, 0.4) is 0 Å². The molecule has 3 aromatic heterocycles. The Morgan fingerprint density at radius 3 is 3.00 bits per heavy atom. The first kappa shape index (κ1) is 15.3. The highest BCUT2D eigenvalue weighted by atomic mass is 15.3. The SMILES string of the molecule is Cc1cc(C)n2cc(CN3CCC[C@H](Cn4cncn4)C3)nc2n1. The van der Waals surface area contributed by atoms with Crippen LogP contribution in [-0.2, 0) is 13.1 Å². The summed E-state index contributed by atoms with van der Waals surface area (Å²) in [6.45, 7) is 8.16. The van der Waals surface area contributed by atoms with Crippen LogP contribution in [0.15, 0.2) is 24.9 Å². The van der Waals surface area contributed by atoms with E-state index < -0.39 is 0 Å². The maximum absolute atomic E-state index is 4.71. The first-order valence-electron chi connectivity index (χ1n) is 8.54. The standard InChI is InChI=1S/C17H23N7/c1-13-6-14(2)24-10-16(21-17(24)20-13)9-22-5-3-4-15(7-22)8-23-12-18-11-19-23/h6,10-12,15H,3-5,7-9H2,1-2H3/t15-/m0/s1. The average Bonchev–Trinajstić information content (AvgIpc) is 3.17. The predicted molar refractivity (Wildman–Crippen MR) is 90.5 cm³/mol. The number of likely N-dealkylation sites (tertiary alicyclic amines) is 1. The molecule has 4 rings (SSSR count). The second kappa shape index (κ2) is 6.32. The molecule has 0 amide bonds. The van der Waals surface area contributed by atoms with Gasteiger partial charge in [-0.25, -0.2) is 15.0 Å². The van der Waals surface area contributed by atoms with Crippen LogP contribution >= 0.6 is 0 Å². The highest BCUT2D eigenvalue weighted by Crippen LogP contribution is 2.20. The third-order valence-corrected chi connectivity index (χ3v) is 4.71. The van der Waals surface area contributed by atoms with E-state index in [1.165, 1.54) is 18.5 Å². The van der Waals surface area contributed by atoms with E-state index in [1.807, 2.05) is 11.6 Å². The smallest absolute Gasteiger partial charge is 0.234 e. The second-order valence-corrected chi connectivity index (χ2v) is 6.80. The topological polar surface area (TPSA) is 64.1 Å². The Balaban J connectivity index is 1.45. The van der Waals surface area contributed by atoms with Crippen molar-refractivity contribution in [2.75, 3.05) is 13.1 Å². The largest absolute Gasteiger partial charge is 0.297 e. The van der Waals surface area contributed by atoms with Gasteiger partial charge < -0.3 is 0 Å². The Morgan fingerprint density at radius 2 is 2.17 bits per heavy atom. The van der Waals surface area contributed by atoms with Crippen LogP contribution in [0.4, 0.5) is 0 Å². The molecule has 7 nitrogen and oxygen atoms in total. The van der Waals surface area contributed by atoms with Crippen LogP contribution < -0.4 is 0 Å². The van der Waals surface area contributed by atoms with Crippen molar-refractivity contribution in [3.63, 3.8) is 0 Å². The first-order chi connectivity index (χ1) is 11.7. The highest BCUT2D eigenvalue weighted by Gasteiger charge is 2.21. The molecule has 0 aromatic carbocycles. The zero-order valence-corrected chi connectivity index (χ0v) is 14.3. The minimum atomic E-state index is 0.625. The van der Waals surface area contributed by atoms with Crippen LogP contribution in [0, 0.1) is 19.8 Å². The Hall–Kier alpha value is -2.28. The van der Waals surface area contributed by atoms with Crippen molar-refractivity contribution >= 4 is 5.78 Å². The van der Waals surface area contributed by atoms with Gasteiger partial charge >= 0.3 is 0 Å². The molecule has 1 atom stereocenters. The molecule has 126 valence electrons. The summed E-state index contributed by atoms with van der Waals surface area (Å²) in [5.41, 5.74) is 3.29. The fraction of sp³-hybridized carbons (Fsp3) is 0.529. The summed E-state index contributed by atoms with van der Waals surface area (Å²) in [5, 5.41) is 4.23. The van der Waals surface area contributed by atoms with Crippen molar-refractivity contribution in [1.29, 1.82) is 0 Å². The number of fused-ring (bicyclic) bond motifs is 1. The quantitative estimate of drug-likeness (QED) is 0.732. The predicted octanol–water partition coefficient (Wildman–Crippen LogP) is 1.85. The Morgan fingerprint density at radius 1 is 1.25 bits per heavy atom. The molecule has 24 heavy (non-hydrogen) atoms. The van der Waals surface area contributed by atoms with Crippen molar-refractivity contribution in [3.8, 4) is 0 Å². The lowest BCUT2D eigenvalue weighted by molar-refractivity contribution is 0.152. The van der Waals surface area contributed by atoms with Gasteiger partial charge in [-0.05, 0) is 45.2 Å². The maximum atomic E-state index is 4.71. The number of rotatable bonds is 4. The van der Waals surface area contributed by atoms with Crippen molar-refractivity contribution < 1.29 is 0 Å². The van der Waals surface area contributed by atoms with Gasteiger partial charge in [-0.15, -0.1) is 0 Å². The van der Waals surface area contributed by atoms with Crippen molar-refractivity contribution in [2.24, 2.45) is 5.92 Å². The first-order valence-corrected chi connectivity index (χ1v) is 8.54. The Kier molecular flexibility index (Phi) is 4.02. The molecule has 1 saturated heterocycles. The molecule has 0 radical (unpaired) electrons. The van der Waals surface area contributed by atoms with E-state index in [0.717, 1.165) is 43.3 Å². The molecule has 1 aliphatic heterocycles. The molecule has 1 aliphatic rings. The number of imidazole rings is 1. The summed E-state index contributed by atoms with van der Waals surface area (Å²) in [7, 11) is 0. The van der Waals surface area contributed by atoms with E-state index in [2.05, 4.69) is 43.6 Å². The number of hydrogen-bond donors (Lipinski definition) is 0. The van der Waals surface area contributed by atoms with E-state index in [1.54, 1.807) is 12.7 Å². The number of nitrogens with zero attached hydrogens (tertiary/aromatic N) is 7. The molecule has 0 spiro atoms. The lowest BCUT2D eigenvalue weighted by Crippen LogP contribution is -2.36. The van der Waals surface area contributed by atoms with Crippen molar-refractivity contribution in [1.82, 2.24) is 34.0 Å². The van der Waals surface area contributed by atoms with Crippen LogP contribution in [0.25, 0.3) is 5.78 Å². The third-order valence-electron chi connectivity index (χ3n) is 4.71. The number of hydrogen-bond acceptors (Lipinski definition) is 5. The zero-order valence-electron chi connectivity index (χ0n) is 14.3. The molecule has 0 unspecified atom stereocenters. The van der Waals surface area contributed by atoms with Crippen molar-refractivity contribution in [3.05, 3.63) is 42.0 Å². The molecule has 7 heteroatoms. The molecule has 4 heterocycles. The fourth-order valence-corrected chi connectivity index (χ4v) is 3.66. The molecule has 1 fully saturated rings. The van der Waals surface area contributed by atoms with E-state index in [9.17, 15) is 0 Å². The summed E-state index contributed by atoms with van der Waals surface area (Å²) >= 11 is 0. The van der Waals surface area contributed by atoms with E-state index in [4.69, 9.17) is 4.98 Å². The third kappa shape index (κ3) is 3.17. The minimum Gasteiger partial charge on any atom is -0.297 e. The van der Waals surface area contributed by atoms with Crippen LogP contribution in [0.2, 0.25) is 0 Å². The van der Waals surface area contributed by atoms with Gasteiger partial charge in [-0.3, -0.25) is 14.0 Å². The van der Waals surface area contributed by atoms with E-state index in [-0.39, 0.29) is 0 Å². The van der Waals surface area contributed by atoms with Crippen LogP contribution in [0.1, 0.15) is 29.9 Å². The monoisotopic (exact) mass is 325 g/mol.